The summed E-state index contributed by atoms with van der Waals surface area (Å²) in [4.78, 5) is 1.94. The van der Waals surface area contributed by atoms with Gasteiger partial charge < -0.3 is 10.8 Å². The van der Waals surface area contributed by atoms with Crippen LogP contribution in [0.4, 0.5) is 8.78 Å². The number of hydrogen-bond donors (Lipinski definition) is 2. The maximum Gasteiger partial charge on any atom is 0.134 e. The van der Waals surface area contributed by atoms with Gasteiger partial charge in [0, 0.05) is 30.3 Å². The molecule has 17 heavy (non-hydrogen) atoms. The molecule has 2 atom stereocenters. The molecule has 0 aromatic heterocycles. The molecule has 1 aliphatic heterocycles. The van der Waals surface area contributed by atoms with E-state index in [4.69, 9.17) is 5.73 Å². The molecular weight excluding hydrogens is 226 g/mol. The molecule has 1 aromatic rings. The van der Waals surface area contributed by atoms with Crippen molar-refractivity contribution in [1.82, 2.24) is 4.90 Å². The van der Waals surface area contributed by atoms with Gasteiger partial charge in [-0.15, -0.1) is 0 Å². The second-order valence-electron chi connectivity index (χ2n) is 4.61. The Morgan fingerprint density at radius 3 is 2.71 bits per heavy atom. The summed E-state index contributed by atoms with van der Waals surface area (Å²) in [5.41, 5.74) is 5.76. The molecule has 0 amide bonds. The zero-order chi connectivity index (χ0) is 12.6. The van der Waals surface area contributed by atoms with Crippen LogP contribution >= 0.6 is 0 Å². The highest BCUT2D eigenvalue weighted by molar-refractivity contribution is 5.37. The first-order chi connectivity index (χ1) is 8.02. The van der Waals surface area contributed by atoms with Crippen LogP contribution in [0.15, 0.2) is 12.1 Å². The number of hydrogen-bond acceptors (Lipinski definition) is 3. The first-order valence-corrected chi connectivity index (χ1v) is 5.61. The number of aromatic hydroxyl groups is 1. The van der Waals surface area contributed by atoms with Crippen molar-refractivity contribution >= 4 is 0 Å². The molecule has 0 aliphatic carbocycles. The molecule has 0 radical (unpaired) electrons. The first-order valence-electron chi connectivity index (χ1n) is 5.61. The molecule has 1 saturated heterocycles. The lowest BCUT2D eigenvalue weighted by molar-refractivity contribution is 0.297. The van der Waals surface area contributed by atoms with Crippen molar-refractivity contribution in [2.75, 3.05) is 20.1 Å². The van der Waals surface area contributed by atoms with Gasteiger partial charge in [0.25, 0.3) is 0 Å². The highest BCUT2D eigenvalue weighted by Gasteiger charge is 2.33. The summed E-state index contributed by atoms with van der Waals surface area (Å²) < 4.78 is 26.6. The minimum Gasteiger partial charge on any atom is -0.507 e. The van der Waals surface area contributed by atoms with E-state index < -0.39 is 11.6 Å². The fourth-order valence-corrected chi connectivity index (χ4v) is 2.51. The van der Waals surface area contributed by atoms with E-state index in [0.29, 0.717) is 13.0 Å². The molecule has 1 heterocycles. The predicted molar refractivity (Wildman–Crippen MR) is 60.6 cm³/mol. The van der Waals surface area contributed by atoms with Crippen LogP contribution < -0.4 is 5.73 Å². The van der Waals surface area contributed by atoms with Gasteiger partial charge in [-0.3, -0.25) is 4.90 Å². The molecule has 1 aromatic carbocycles. The molecule has 0 bridgehead atoms. The smallest absolute Gasteiger partial charge is 0.134 e. The summed E-state index contributed by atoms with van der Waals surface area (Å²) in [5.74, 6) is -1.50. The van der Waals surface area contributed by atoms with Crippen LogP contribution in [0.25, 0.3) is 0 Å². The molecule has 3 nitrogen and oxygen atoms in total. The zero-order valence-electron chi connectivity index (χ0n) is 9.66. The third-order valence-corrected chi connectivity index (χ3v) is 3.37. The number of benzene rings is 1. The lowest BCUT2D eigenvalue weighted by Gasteiger charge is -2.21. The van der Waals surface area contributed by atoms with Gasteiger partial charge in [-0.05, 0) is 25.9 Å². The molecular formula is C12H16F2N2O. The quantitative estimate of drug-likeness (QED) is 0.828. The second-order valence-corrected chi connectivity index (χ2v) is 4.61. The Balaban J connectivity index is 2.35. The van der Waals surface area contributed by atoms with Gasteiger partial charge in [0.05, 0.1) is 0 Å². The molecule has 5 heteroatoms. The normalized spacial score (nSPS) is 25.4. The molecule has 0 spiro atoms. The van der Waals surface area contributed by atoms with Gasteiger partial charge in [0.15, 0.2) is 0 Å². The predicted octanol–water partition coefficient (Wildman–Crippen LogP) is 1.62. The third-order valence-electron chi connectivity index (χ3n) is 3.37. The van der Waals surface area contributed by atoms with Crippen LogP contribution in [0, 0.1) is 17.6 Å². The lowest BCUT2D eigenvalue weighted by atomic mass is 9.98. The molecule has 2 unspecified atom stereocenters. The average Bonchev–Trinajstić information content (AvgIpc) is 2.59. The Bertz CT molecular complexity index is 402. The van der Waals surface area contributed by atoms with Gasteiger partial charge in [0.2, 0.25) is 0 Å². The molecule has 0 saturated carbocycles. The standard InChI is InChI=1S/C12H16F2N2O/c1-16-6-7(5-15)2-10(16)12-9(14)3-8(13)4-11(12)17/h3-4,7,10,17H,2,5-6,15H2,1H3. The summed E-state index contributed by atoms with van der Waals surface area (Å²) in [6.45, 7) is 1.29. The van der Waals surface area contributed by atoms with Gasteiger partial charge in [-0.25, -0.2) is 8.78 Å². The monoisotopic (exact) mass is 242 g/mol. The average molecular weight is 242 g/mol. The van der Waals surface area contributed by atoms with E-state index >= 15 is 0 Å². The Hall–Kier alpha value is -1.20. The topological polar surface area (TPSA) is 49.5 Å². The Morgan fingerprint density at radius 1 is 1.47 bits per heavy atom. The maximum atomic E-state index is 13.7. The zero-order valence-corrected chi connectivity index (χ0v) is 9.66. The molecule has 3 N–H and O–H groups in total. The van der Waals surface area contributed by atoms with Crippen molar-refractivity contribution in [3.05, 3.63) is 29.3 Å². The van der Waals surface area contributed by atoms with E-state index in [9.17, 15) is 13.9 Å². The summed E-state index contributed by atoms with van der Waals surface area (Å²) in [6.07, 6.45) is 0.684. The van der Waals surface area contributed by atoms with Crippen LogP contribution in [0.3, 0.4) is 0 Å². The highest BCUT2D eigenvalue weighted by Crippen LogP contribution is 2.39. The van der Waals surface area contributed by atoms with Crippen molar-refractivity contribution in [1.29, 1.82) is 0 Å². The number of phenolic OH excluding ortho intramolecular Hbond substituents is 1. The van der Waals surface area contributed by atoms with Crippen molar-refractivity contribution in [3.63, 3.8) is 0 Å². The summed E-state index contributed by atoms with van der Waals surface area (Å²) >= 11 is 0. The molecule has 2 rings (SSSR count). The number of phenols is 1. The van der Waals surface area contributed by atoms with E-state index in [-0.39, 0.29) is 23.3 Å². The van der Waals surface area contributed by atoms with Crippen molar-refractivity contribution in [3.8, 4) is 5.75 Å². The van der Waals surface area contributed by atoms with Gasteiger partial charge in [-0.2, -0.15) is 0 Å². The Labute approximate surface area is 98.8 Å². The van der Waals surface area contributed by atoms with E-state index in [1.807, 2.05) is 11.9 Å². The number of nitrogens with zero attached hydrogens (tertiary/aromatic N) is 1. The fraction of sp³-hybridized carbons (Fsp3) is 0.500. The lowest BCUT2D eigenvalue weighted by Crippen LogP contribution is -2.21. The minimum absolute atomic E-state index is 0.171. The highest BCUT2D eigenvalue weighted by atomic mass is 19.1. The number of likely N-dealkylation sites (tertiary alicyclic amines) is 1. The van der Waals surface area contributed by atoms with Gasteiger partial charge in [-0.1, -0.05) is 0 Å². The number of halogens is 2. The van der Waals surface area contributed by atoms with Gasteiger partial charge in [0.1, 0.15) is 17.4 Å². The number of rotatable bonds is 2. The van der Waals surface area contributed by atoms with Crippen LogP contribution in [0.2, 0.25) is 0 Å². The third kappa shape index (κ3) is 2.25. The Kier molecular flexibility index (Phi) is 3.31. The van der Waals surface area contributed by atoms with Crippen molar-refractivity contribution in [2.24, 2.45) is 11.7 Å². The van der Waals surface area contributed by atoms with Crippen LogP contribution in [0.1, 0.15) is 18.0 Å². The van der Waals surface area contributed by atoms with Crippen molar-refractivity contribution < 1.29 is 13.9 Å². The Morgan fingerprint density at radius 2 is 2.18 bits per heavy atom. The number of nitrogens with two attached hydrogens (primary N) is 1. The van der Waals surface area contributed by atoms with Crippen molar-refractivity contribution in [2.45, 2.75) is 12.5 Å². The van der Waals surface area contributed by atoms with E-state index in [1.165, 1.54) is 0 Å². The largest absolute Gasteiger partial charge is 0.507 e. The summed E-state index contributed by atoms with van der Waals surface area (Å²) in [6, 6.07) is 1.52. The minimum atomic E-state index is -0.764. The molecule has 1 aliphatic rings. The van der Waals surface area contributed by atoms with Gasteiger partial charge >= 0.3 is 0 Å². The fourth-order valence-electron chi connectivity index (χ4n) is 2.51. The van der Waals surface area contributed by atoms with Crippen LogP contribution in [-0.4, -0.2) is 30.1 Å². The second kappa shape index (κ2) is 4.58. The van der Waals surface area contributed by atoms with E-state index in [2.05, 4.69) is 0 Å². The maximum absolute atomic E-state index is 13.7. The SMILES string of the molecule is CN1CC(CN)CC1c1c(O)cc(F)cc1F. The summed E-state index contributed by atoms with van der Waals surface area (Å²) in [5, 5.41) is 9.67. The molecule has 1 fully saturated rings. The first kappa shape index (κ1) is 12.3. The molecule has 94 valence electrons. The van der Waals surface area contributed by atoms with E-state index in [1.54, 1.807) is 0 Å². The van der Waals surface area contributed by atoms with E-state index in [0.717, 1.165) is 18.7 Å². The van der Waals surface area contributed by atoms with Crippen LogP contribution in [-0.2, 0) is 0 Å². The van der Waals surface area contributed by atoms with Crippen LogP contribution in [0.5, 0.6) is 5.75 Å². The summed E-state index contributed by atoms with van der Waals surface area (Å²) in [7, 11) is 1.85.